The Bertz CT molecular complexity index is 445. The molecule has 0 aliphatic carbocycles. The molecule has 0 aliphatic heterocycles. The van der Waals surface area contributed by atoms with Crippen molar-refractivity contribution in [1.29, 1.82) is 0 Å². The van der Waals surface area contributed by atoms with E-state index in [-0.39, 0.29) is 0 Å². The van der Waals surface area contributed by atoms with E-state index in [1.807, 2.05) is 30.3 Å². The van der Waals surface area contributed by atoms with E-state index >= 15 is 0 Å². The number of nitrogens with one attached hydrogen (secondary N) is 2. The van der Waals surface area contributed by atoms with Crippen molar-refractivity contribution < 1.29 is 0 Å². The van der Waals surface area contributed by atoms with Crippen LogP contribution in [-0.4, -0.2) is 4.98 Å². The maximum Gasteiger partial charge on any atom is 0.130 e. The number of benzene rings is 1. The molecule has 0 saturated carbocycles. The molecule has 0 radical (unpaired) electrons. The number of anilines is 2. The molecule has 2 N–H and O–H groups in total. The van der Waals surface area contributed by atoms with Gasteiger partial charge < -0.3 is 10.4 Å². The Morgan fingerprint density at radius 2 is 1.94 bits per heavy atom. The van der Waals surface area contributed by atoms with E-state index in [0.29, 0.717) is 0 Å². The van der Waals surface area contributed by atoms with Gasteiger partial charge in [-0.1, -0.05) is 30.3 Å². The van der Waals surface area contributed by atoms with E-state index in [1.165, 1.54) is 5.56 Å². The second-order valence-electron chi connectivity index (χ2n) is 3.41. The highest BCUT2D eigenvalue weighted by Crippen LogP contribution is 2.14. The van der Waals surface area contributed by atoms with Gasteiger partial charge in [-0.3, -0.25) is 0 Å². The Morgan fingerprint density at radius 1 is 1.12 bits per heavy atom. The zero-order valence-electron chi connectivity index (χ0n) is 8.85. The van der Waals surface area contributed by atoms with Gasteiger partial charge in [0.15, 0.2) is 0 Å². The molecule has 0 spiro atoms. The van der Waals surface area contributed by atoms with Gasteiger partial charge in [0, 0.05) is 24.5 Å². The summed E-state index contributed by atoms with van der Waals surface area (Å²) in [5.74, 6) is 0.836. The smallest absolute Gasteiger partial charge is 0.130 e. The Morgan fingerprint density at radius 3 is 2.69 bits per heavy atom. The molecule has 2 rings (SSSR count). The first-order valence-corrected chi connectivity index (χ1v) is 5.66. The summed E-state index contributed by atoms with van der Waals surface area (Å²) in [6.07, 6.45) is 1.78. The molecule has 82 valence electrons. The Labute approximate surface area is 97.6 Å². The molecule has 0 bridgehead atoms. The summed E-state index contributed by atoms with van der Waals surface area (Å²) in [5.41, 5.74) is 2.32. The van der Waals surface area contributed by atoms with Crippen LogP contribution in [-0.2, 0) is 6.54 Å². The number of aromatic nitrogens is 1. The van der Waals surface area contributed by atoms with Crippen molar-refractivity contribution in [3.63, 3.8) is 0 Å². The molecule has 0 aliphatic rings. The molecule has 1 aromatic carbocycles. The molecule has 1 atom stereocenters. The third-order valence-corrected chi connectivity index (χ3v) is 2.54. The van der Waals surface area contributed by atoms with Crippen molar-refractivity contribution in [2.24, 2.45) is 0 Å². The predicted octanol–water partition coefficient (Wildman–Crippen LogP) is 2.90. The van der Waals surface area contributed by atoms with Gasteiger partial charge >= 0.3 is 0 Å². The minimum atomic E-state index is 0.821. The molecule has 1 heterocycles. The minimum Gasteiger partial charge on any atom is -0.381 e. The molecule has 2 aromatic rings. The third-order valence-electron chi connectivity index (χ3n) is 2.25. The van der Waals surface area contributed by atoms with Gasteiger partial charge in [-0.25, -0.2) is 4.98 Å². The van der Waals surface area contributed by atoms with Crippen LogP contribution in [0.5, 0.6) is 0 Å². The first-order chi connectivity index (χ1) is 7.88. The van der Waals surface area contributed by atoms with E-state index in [1.54, 1.807) is 6.20 Å². The van der Waals surface area contributed by atoms with Crippen LogP contribution < -0.4 is 10.4 Å². The number of hydrogen-bond donors (Lipinski definition) is 2. The largest absolute Gasteiger partial charge is 0.381 e. The lowest BCUT2D eigenvalue weighted by molar-refractivity contribution is 1.14. The maximum absolute atomic E-state index is 4.14. The van der Waals surface area contributed by atoms with Crippen molar-refractivity contribution in [2.45, 2.75) is 6.54 Å². The fourth-order valence-electron chi connectivity index (χ4n) is 1.42. The van der Waals surface area contributed by atoms with Crippen LogP contribution >= 0.6 is 9.39 Å². The average molecular weight is 231 g/mol. The lowest BCUT2D eigenvalue weighted by Gasteiger charge is -2.07. The van der Waals surface area contributed by atoms with Crippen molar-refractivity contribution in [3.8, 4) is 0 Å². The first kappa shape index (κ1) is 10.9. The van der Waals surface area contributed by atoms with Crippen LogP contribution in [0, 0.1) is 0 Å². The van der Waals surface area contributed by atoms with Gasteiger partial charge in [-0.2, -0.15) is 0 Å². The number of hydrogen-bond acceptors (Lipinski definition) is 3. The SMILES string of the molecule is PNc1cc(NCc2ccccc2)ccn1. The van der Waals surface area contributed by atoms with Gasteiger partial charge in [-0.05, 0) is 21.0 Å². The molecular weight excluding hydrogens is 217 g/mol. The zero-order valence-corrected chi connectivity index (χ0v) is 10.0. The van der Waals surface area contributed by atoms with Gasteiger partial charge in [0.1, 0.15) is 5.82 Å². The molecule has 1 unspecified atom stereocenters. The van der Waals surface area contributed by atoms with Crippen LogP contribution in [0.15, 0.2) is 48.7 Å². The monoisotopic (exact) mass is 231 g/mol. The van der Waals surface area contributed by atoms with Crippen LogP contribution in [0.3, 0.4) is 0 Å². The van der Waals surface area contributed by atoms with E-state index in [4.69, 9.17) is 0 Å². The number of nitrogens with zero attached hydrogens (tertiary/aromatic N) is 1. The van der Waals surface area contributed by atoms with Crippen LogP contribution in [0.25, 0.3) is 0 Å². The summed E-state index contributed by atoms with van der Waals surface area (Å²) in [6, 6.07) is 14.2. The molecule has 0 saturated heterocycles. The second-order valence-corrected chi connectivity index (χ2v) is 3.70. The molecule has 4 heteroatoms. The average Bonchev–Trinajstić information content (AvgIpc) is 2.38. The van der Waals surface area contributed by atoms with Crippen molar-refractivity contribution in [1.82, 2.24) is 4.98 Å². The topological polar surface area (TPSA) is 37.0 Å². The quantitative estimate of drug-likeness (QED) is 0.794. The summed E-state index contributed by atoms with van der Waals surface area (Å²) in [6.45, 7) is 0.821. The van der Waals surface area contributed by atoms with Crippen molar-refractivity contribution in [2.75, 3.05) is 10.4 Å². The Hall–Kier alpha value is -1.60. The summed E-state index contributed by atoms with van der Waals surface area (Å²) >= 11 is 0. The Kier molecular flexibility index (Phi) is 3.73. The fourth-order valence-corrected chi connectivity index (χ4v) is 1.58. The lowest BCUT2D eigenvalue weighted by Crippen LogP contribution is -1.99. The van der Waals surface area contributed by atoms with Gasteiger partial charge in [-0.15, -0.1) is 0 Å². The van der Waals surface area contributed by atoms with E-state index < -0.39 is 0 Å². The normalized spacial score (nSPS) is 9.81. The molecule has 3 nitrogen and oxygen atoms in total. The van der Waals surface area contributed by atoms with Crippen LogP contribution in [0.2, 0.25) is 0 Å². The molecular formula is C12H14N3P. The van der Waals surface area contributed by atoms with Gasteiger partial charge in [0.25, 0.3) is 0 Å². The lowest BCUT2D eigenvalue weighted by atomic mass is 10.2. The highest BCUT2D eigenvalue weighted by Gasteiger charge is 1.95. The highest BCUT2D eigenvalue weighted by atomic mass is 31.0. The van der Waals surface area contributed by atoms with E-state index in [9.17, 15) is 0 Å². The summed E-state index contributed by atoms with van der Waals surface area (Å²) in [4.78, 5) is 4.14. The molecule has 0 amide bonds. The van der Waals surface area contributed by atoms with Crippen molar-refractivity contribution in [3.05, 3.63) is 54.2 Å². The Balaban J connectivity index is 1.99. The second kappa shape index (κ2) is 5.47. The number of pyridine rings is 1. The highest BCUT2D eigenvalue weighted by molar-refractivity contribution is 7.18. The molecule has 1 aromatic heterocycles. The van der Waals surface area contributed by atoms with E-state index in [0.717, 1.165) is 18.1 Å². The fraction of sp³-hybridized carbons (Fsp3) is 0.0833. The number of rotatable bonds is 4. The summed E-state index contributed by atoms with van der Waals surface area (Å²) in [7, 11) is 2.43. The summed E-state index contributed by atoms with van der Waals surface area (Å²) < 4.78 is 0. The summed E-state index contributed by atoms with van der Waals surface area (Å²) in [5, 5.41) is 6.28. The van der Waals surface area contributed by atoms with Crippen molar-refractivity contribution >= 4 is 20.9 Å². The zero-order chi connectivity index (χ0) is 11.2. The third kappa shape index (κ3) is 2.94. The minimum absolute atomic E-state index is 0.821. The maximum atomic E-state index is 4.14. The van der Waals surface area contributed by atoms with E-state index in [2.05, 4.69) is 36.9 Å². The first-order valence-electron chi connectivity index (χ1n) is 5.09. The van der Waals surface area contributed by atoms with Crippen LogP contribution in [0.4, 0.5) is 11.5 Å². The van der Waals surface area contributed by atoms with Gasteiger partial charge in [0.2, 0.25) is 0 Å². The standard InChI is InChI=1S/C12H14N3P/c16-15-12-8-11(6-7-13-12)14-9-10-4-2-1-3-5-10/h1-8H,9,16H2,(H2,13,14,15). The van der Waals surface area contributed by atoms with Crippen LogP contribution in [0.1, 0.15) is 5.56 Å². The van der Waals surface area contributed by atoms with Gasteiger partial charge in [0.05, 0.1) is 0 Å². The molecule has 16 heavy (non-hydrogen) atoms. The molecule has 0 fully saturated rings. The predicted molar refractivity (Wildman–Crippen MR) is 71.3 cm³/mol.